The standard InChI is InChI=1S/C24H38O6/c1-12(2)21(28)22(29)30-20-6-5-14-13-9-17(25)16-10-18(26)19(27)11-24(16,4)15(13)7-8-23(14,20)3/h12-16,18-21,26-28H,5-11H2,1-4H3/t13-,14-,15-,16+,18-,19+,20-,21+,23-,24+/m0/s1. The lowest BCUT2D eigenvalue weighted by molar-refractivity contribution is -0.184. The molecule has 6 heteroatoms. The van der Waals surface area contributed by atoms with Gasteiger partial charge in [0.2, 0.25) is 0 Å². The third-order valence-electron chi connectivity index (χ3n) is 9.52. The van der Waals surface area contributed by atoms with Crippen molar-refractivity contribution in [3.05, 3.63) is 0 Å². The largest absolute Gasteiger partial charge is 0.460 e. The summed E-state index contributed by atoms with van der Waals surface area (Å²) in [6.07, 6.45) is 2.06. The van der Waals surface area contributed by atoms with E-state index in [1.807, 2.05) is 0 Å². The Balaban J connectivity index is 1.56. The van der Waals surface area contributed by atoms with Gasteiger partial charge in [-0.1, -0.05) is 27.7 Å². The smallest absolute Gasteiger partial charge is 0.335 e. The van der Waals surface area contributed by atoms with Crippen LogP contribution >= 0.6 is 0 Å². The average Bonchev–Trinajstić information content (AvgIpc) is 3.00. The van der Waals surface area contributed by atoms with Gasteiger partial charge < -0.3 is 20.1 Å². The van der Waals surface area contributed by atoms with Crippen LogP contribution in [-0.2, 0) is 14.3 Å². The lowest BCUT2D eigenvalue weighted by Gasteiger charge is -2.60. The first-order valence-electron chi connectivity index (χ1n) is 11.8. The minimum absolute atomic E-state index is 0.169. The maximum absolute atomic E-state index is 13.1. The Hall–Kier alpha value is -0.980. The predicted octanol–water partition coefficient (Wildman–Crippen LogP) is 2.47. The zero-order chi connectivity index (χ0) is 22.0. The molecule has 10 atom stereocenters. The Labute approximate surface area is 179 Å². The summed E-state index contributed by atoms with van der Waals surface area (Å²) in [5, 5.41) is 30.7. The second-order valence-corrected chi connectivity index (χ2v) is 11.4. The van der Waals surface area contributed by atoms with Crippen molar-refractivity contribution in [3.63, 3.8) is 0 Å². The van der Waals surface area contributed by atoms with Gasteiger partial charge in [0.15, 0.2) is 6.10 Å². The summed E-state index contributed by atoms with van der Waals surface area (Å²) in [7, 11) is 0. The summed E-state index contributed by atoms with van der Waals surface area (Å²) in [6, 6.07) is 0. The number of fused-ring (bicyclic) bond motifs is 5. The number of hydrogen-bond donors (Lipinski definition) is 3. The zero-order valence-corrected chi connectivity index (χ0v) is 18.7. The molecular weight excluding hydrogens is 384 g/mol. The maximum Gasteiger partial charge on any atom is 0.335 e. The summed E-state index contributed by atoms with van der Waals surface area (Å²) in [4.78, 5) is 25.6. The fraction of sp³-hybridized carbons (Fsp3) is 0.917. The molecule has 0 aromatic rings. The first kappa shape index (κ1) is 22.2. The van der Waals surface area contributed by atoms with Crippen LogP contribution in [0.25, 0.3) is 0 Å². The van der Waals surface area contributed by atoms with Crippen LogP contribution < -0.4 is 0 Å². The van der Waals surface area contributed by atoms with Gasteiger partial charge >= 0.3 is 5.97 Å². The highest BCUT2D eigenvalue weighted by molar-refractivity contribution is 5.83. The van der Waals surface area contributed by atoms with Crippen molar-refractivity contribution < 1.29 is 29.6 Å². The second-order valence-electron chi connectivity index (χ2n) is 11.4. The number of carbonyl (C=O) groups is 2. The SMILES string of the molecule is CC(C)[C@@H](O)C(=O)O[C@H]1CC[C@H]2[C@@H]3CC(=O)[C@H]4C[C@H](O)[C@H](O)C[C@]4(C)[C@H]3CC[C@]12C. The molecule has 0 radical (unpaired) electrons. The van der Waals surface area contributed by atoms with Gasteiger partial charge in [-0.15, -0.1) is 0 Å². The van der Waals surface area contributed by atoms with Gasteiger partial charge in [0.1, 0.15) is 11.9 Å². The second kappa shape index (κ2) is 7.56. The van der Waals surface area contributed by atoms with Gasteiger partial charge in [-0.25, -0.2) is 4.79 Å². The molecule has 4 fully saturated rings. The van der Waals surface area contributed by atoms with Crippen LogP contribution in [0.4, 0.5) is 0 Å². The summed E-state index contributed by atoms with van der Waals surface area (Å²) < 4.78 is 5.83. The molecule has 170 valence electrons. The van der Waals surface area contributed by atoms with Crippen molar-refractivity contribution in [1.82, 2.24) is 0 Å². The van der Waals surface area contributed by atoms with Gasteiger partial charge in [0, 0.05) is 17.8 Å². The Bertz CT molecular complexity index is 706. The summed E-state index contributed by atoms with van der Waals surface area (Å²) in [5.74, 6) is 0.224. The number of rotatable bonds is 3. The summed E-state index contributed by atoms with van der Waals surface area (Å²) in [6.45, 7) is 7.95. The van der Waals surface area contributed by atoms with Crippen molar-refractivity contribution in [2.75, 3.05) is 0 Å². The number of esters is 1. The highest BCUT2D eigenvalue weighted by Crippen LogP contribution is 2.65. The molecular formula is C24H38O6. The highest BCUT2D eigenvalue weighted by Gasteiger charge is 2.63. The minimum atomic E-state index is -1.10. The fourth-order valence-corrected chi connectivity index (χ4v) is 7.70. The highest BCUT2D eigenvalue weighted by atomic mass is 16.6. The molecule has 0 aromatic carbocycles. The lowest BCUT2D eigenvalue weighted by atomic mass is 9.44. The number of carbonyl (C=O) groups excluding carboxylic acids is 2. The molecule has 3 N–H and O–H groups in total. The number of Topliss-reactive ketones (excluding diaryl/α,β-unsaturated/α-hetero) is 1. The normalized spacial score (nSPS) is 49.2. The number of aliphatic hydroxyl groups is 3. The third-order valence-corrected chi connectivity index (χ3v) is 9.52. The monoisotopic (exact) mass is 422 g/mol. The molecule has 6 nitrogen and oxygen atoms in total. The van der Waals surface area contributed by atoms with Crippen LogP contribution in [0, 0.1) is 40.4 Å². The van der Waals surface area contributed by atoms with Crippen molar-refractivity contribution in [3.8, 4) is 0 Å². The number of ketones is 1. The molecule has 0 spiro atoms. The first-order valence-corrected chi connectivity index (χ1v) is 11.8. The van der Waals surface area contributed by atoms with Gasteiger partial charge in [0.05, 0.1) is 12.2 Å². The van der Waals surface area contributed by atoms with E-state index in [9.17, 15) is 24.9 Å². The average molecular weight is 423 g/mol. The van der Waals surface area contributed by atoms with Crippen LogP contribution in [0.1, 0.15) is 72.6 Å². The summed E-state index contributed by atoms with van der Waals surface area (Å²) in [5.41, 5.74) is -0.452. The number of hydrogen-bond acceptors (Lipinski definition) is 6. The van der Waals surface area contributed by atoms with Crippen molar-refractivity contribution in [2.24, 2.45) is 40.4 Å². The predicted molar refractivity (Wildman–Crippen MR) is 110 cm³/mol. The van der Waals surface area contributed by atoms with Gasteiger partial charge in [-0.2, -0.15) is 0 Å². The van der Waals surface area contributed by atoms with E-state index in [0.29, 0.717) is 31.1 Å². The van der Waals surface area contributed by atoms with E-state index < -0.39 is 24.3 Å². The van der Waals surface area contributed by atoms with Crippen LogP contribution in [0.5, 0.6) is 0 Å². The van der Waals surface area contributed by atoms with E-state index in [1.165, 1.54) is 0 Å². The van der Waals surface area contributed by atoms with Crippen LogP contribution in [-0.4, -0.2) is 51.5 Å². The zero-order valence-electron chi connectivity index (χ0n) is 18.7. The molecule has 4 aliphatic rings. The molecule has 0 amide bonds. The Kier molecular flexibility index (Phi) is 5.60. The molecule has 0 aliphatic heterocycles. The topological polar surface area (TPSA) is 104 Å². The van der Waals surface area contributed by atoms with Crippen molar-refractivity contribution in [2.45, 2.75) is 97.1 Å². The molecule has 4 saturated carbocycles. The van der Waals surface area contributed by atoms with E-state index in [1.54, 1.807) is 13.8 Å². The molecule has 0 saturated heterocycles. The molecule has 30 heavy (non-hydrogen) atoms. The first-order chi connectivity index (χ1) is 14.0. The van der Waals surface area contributed by atoms with Gasteiger partial charge in [-0.05, 0) is 67.6 Å². The minimum Gasteiger partial charge on any atom is -0.460 e. The Morgan fingerprint density at radius 3 is 2.40 bits per heavy atom. The molecule has 4 rings (SSSR count). The van der Waals surface area contributed by atoms with Gasteiger partial charge in [0.25, 0.3) is 0 Å². The molecule has 0 heterocycles. The third kappa shape index (κ3) is 3.25. The summed E-state index contributed by atoms with van der Waals surface area (Å²) >= 11 is 0. The Morgan fingerprint density at radius 2 is 1.73 bits per heavy atom. The Morgan fingerprint density at radius 1 is 1.07 bits per heavy atom. The molecule has 0 bridgehead atoms. The molecule has 0 aromatic heterocycles. The van der Waals surface area contributed by atoms with Gasteiger partial charge in [-0.3, -0.25) is 4.79 Å². The number of aliphatic hydroxyl groups excluding tert-OH is 3. The van der Waals surface area contributed by atoms with Crippen LogP contribution in [0.3, 0.4) is 0 Å². The van der Waals surface area contributed by atoms with Crippen molar-refractivity contribution in [1.29, 1.82) is 0 Å². The van der Waals surface area contributed by atoms with Crippen molar-refractivity contribution >= 4 is 11.8 Å². The van der Waals surface area contributed by atoms with Crippen LogP contribution in [0.2, 0.25) is 0 Å². The van der Waals surface area contributed by atoms with E-state index in [0.717, 1.165) is 25.7 Å². The van der Waals surface area contributed by atoms with E-state index in [4.69, 9.17) is 4.74 Å². The molecule has 4 aliphatic carbocycles. The maximum atomic E-state index is 13.1. The number of ether oxygens (including phenoxy) is 1. The van der Waals surface area contributed by atoms with E-state index >= 15 is 0 Å². The molecule has 0 unspecified atom stereocenters. The fourth-order valence-electron chi connectivity index (χ4n) is 7.70. The lowest BCUT2D eigenvalue weighted by Crippen LogP contribution is -2.59. The van der Waals surface area contributed by atoms with E-state index in [2.05, 4.69) is 13.8 Å². The van der Waals surface area contributed by atoms with Crippen LogP contribution in [0.15, 0.2) is 0 Å². The van der Waals surface area contributed by atoms with E-state index in [-0.39, 0.29) is 40.5 Å². The quantitative estimate of drug-likeness (QED) is 0.604.